The van der Waals surface area contributed by atoms with Gasteiger partial charge in [-0.15, -0.1) is 0 Å². The molecule has 0 N–H and O–H groups in total. The van der Waals surface area contributed by atoms with Crippen molar-refractivity contribution < 1.29 is 8.78 Å². The molecule has 0 spiro atoms. The van der Waals surface area contributed by atoms with E-state index >= 15 is 0 Å². The summed E-state index contributed by atoms with van der Waals surface area (Å²) >= 11 is 3.85. The summed E-state index contributed by atoms with van der Waals surface area (Å²) in [4.78, 5) is 0.338. The van der Waals surface area contributed by atoms with Crippen LogP contribution in [0, 0.1) is 23.0 Å². The molecule has 0 aliphatic heterocycles. The number of benzene rings is 1. The van der Waals surface area contributed by atoms with E-state index in [1.54, 1.807) is 6.07 Å². The van der Waals surface area contributed by atoms with E-state index in [2.05, 4.69) is 29.8 Å². The average Bonchev–Trinajstić information content (AvgIpc) is 2.83. The summed E-state index contributed by atoms with van der Waals surface area (Å²) in [6.07, 6.45) is 7.02. The molecule has 2 rings (SSSR count). The minimum Gasteiger partial charge on any atom is -0.204 e. The van der Waals surface area contributed by atoms with E-state index < -0.39 is 11.6 Å². The second kappa shape index (κ2) is 6.55. The SMILES string of the molecule is CC(C)CC1(C(Br)Cc2ccc(F)c(F)c2)CCCC1. The molecular formula is C17H23BrF2. The molecule has 1 aliphatic carbocycles. The van der Waals surface area contributed by atoms with Crippen LogP contribution in [0.5, 0.6) is 0 Å². The van der Waals surface area contributed by atoms with Crippen LogP contribution < -0.4 is 0 Å². The van der Waals surface area contributed by atoms with Gasteiger partial charge in [0.15, 0.2) is 11.6 Å². The molecule has 0 radical (unpaired) electrons. The van der Waals surface area contributed by atoms with Gasteiger partial charge in [0.05, 0.1) is 0 Å². The first kappa shape index (κ1) is 15.9. The summed E-state index contributed by atoms with van der Waals surface area (Å²) in [7, 11) is 0. The molecule has 20 heavy (non-hydrogen) atoms. The van der Waals surface area contributed by atoms with Gasteiger partial charge in [-0.3, -0.25) is 0 Å². The van der Waals surface area contributed by atoms with Gasteiger partial charge in [0.25, 0.3) is 0 Å². The van der Waals surface area contributed by atoms with Crippen molar-refractivity contribution in [2.45, 2.75) is 57.2 Å². The van der Waals surface area contributed by atoms with Crippen LogP contribution in [0.15, 0.2) is 18.2 Å². The Morgan fingerprint density at radius 2 is 1.80 bits per heavy atom. The lowest BCUT2D eigenvalue weighted by molar-refractivity contribution is 0.228. The summed E-state index contributed by atoms with van der Waals surface area (Å²) in [5, 5.41) is 0. The van der Waals surface area contributed by atoms with Crippen LogP contribution in [0.1, 0.15) is 51.5 Å². The summed E-state index contributed by atoms with van der Waals surface area (Å²) < 4.78 is 26.3. The molecule has 0 amide bonds. The lowest BCUT2D eigenvalue weighted by atomic mass is 9.74. The fourth-order valence-electron chi connectivity index (χ4n) is 3.63. The number of halogens is 3. The Morgan fingerprint density at radius 1 is 1.15 bits per heavy atom. The van der Waals surface area contributed by atoms with Gasteiger partial charge >= 0.3 is 0 Å². The zero-order chi connectivity index (χ0) is 14.8. The second-order valence-corrected chi connectivity index (χ2v) is 7.69. The maximum absolute atomic E-state index is 13.3. The van der Waals surface area contributed by atoms with Crippen molar-refractivity contribution in [1.82, 2.24) is 0 Å². The van der Waals surface area contributed by atoms with Crippen LogP contribution in [0.2, 0.25) is 0 Å². The summed E-state index contributed by atoms with van der Waals surface area (Å²) in [5.41, 5.74) is 1.19. The Hall–Kier alpha value is -0.440. The van der Waals surface area contributed by atoms with E-state index in [9.17, 15) is 8.78 Å². The van der Waals surface area contributed by atoms with Crippen molar-refractivity contribution in [3.05, 3.63) is 35.4 Å². The Morgan fingerprint density at radius 3 is 2.35 bits per heavy atom. The summed E-state index contributed by atoms with van der Waals surface area (Å²) in [6.45, 7) is 4.52. The van der Waals surface area contributed by atoms with Gasteiger partial charge in [-0.2, -0.15) is 0 Å². The monoisotopic (exact) mass is 344 g/mol. The molecule has 1 atom stereocenters. The smallest absolute Gasteiger partial charge is 0.159 e. The van der Waals surface area contributed by atoms with E-state index in [1.807, 2.05) is 0 Å². The van der Waals surface area contributed by atoms with Crippen LogP contribution in [0.3, 0.4) is 0 Å². The molecule has 0 heterocycles. The average molecular weight is 345 g/mol. The van der Waals surface area contributed by atoms with Crippen molar-refractivity contribution in [2.75, 3.05) is 0 Å². The van der Waals surface area contributed by atoms with Crippen molar-refractivity contribution in [1.29, 1.82) is 0 Å². The largest absolute Gasteiger partial charge is 0.204 e. The first-order chi connectivity index (χ1) is 9.43. The van der Waals surface area contributed by atoms with Crippen molar-refractivity contribution in [3.63, 3.8) is 0 Å². The highest BCUT2D eigenvalue weighted by molar-refractivity contribution is 9.09. The molecule has 1 aromatic carbocycles. The quantitative estimate of drug-likeness (QED) is 0.585. The van der Waals surface area contributed by atoms with E-state index in [0.29, 0.717) is 16.2 Å². The van der Waals surface area contributed by atoms with Gasteiger partial charge in [0.1, 0.15) is 0 Å². The van der Waals surface area contributed by atoms with Gasteiger partial charge in [-0.1, -0.05) is 48.7 Å². The topological polar surface area (TPSA) is 0 Å². The van der Waals surface area contributed by atoms with Gasteiger partial charge in [-0.25, -0.2) is 8.78 Å². The lowest BCUT2D eigenvalue weighted by Crippen LogP contribution is -2.31. The molecule has 1 fully saturated rings. The maximum Gasteiger partial charge on any atom is 0.159 e. The molecule has 0 aromatic heterocycles. The molecule has 1 aromatic rings. The third-order valence-electron chi connectivity index (χ3n) is 4.48. The maximum atomic E-state index is 13.3. The number of hydrogen-bond donors (Lipinski definition) is 0. The zero-order valence-corrected chi connectivity index (χ0v) is 13.8. The normalized spacial score (nSPS) is 19.5. The number of hydrogen-bond acceptors (Lipinski definition) is 0. The Kier molecular flexibility index (Phi) is 5.22. The molecule has 112 valence electrons. The third kappa shape index (κ3) is 3.60. The van der Waals surface area contributed by atoms with Crippen LogP contribution in [-0.4, -0.2) is 4.83 Å². The van der Waals surface area contributed by atoms with Crippen LogP contribution >= 0.6 is 15.9 Å². The van der Waals surface area contributed by atoms with E-state index in [4.69, 9.17) is 0 Å². The predicted molar refractivity (Wildman–Crippen MR) is 83.1 cm³/mol. The molecule has 0 bridgehead atoms. The first-order valence-electron chi connectivity index (χ1n) is 7.51. The highest BCUT2D eigenvalue weighted by Crippen LogP contribution is 2.49. The molecule has 1 aliphatic rings. The van der Waals surface area contributed by atoms with Crippen LogP contribution in [0.4, 0.5) is 8.78 Å². The van der Waals surface area contributed by atoms with Crippen molar-refractivity contribution >= 4 is 15.9 Å². The van der Waals surface area contributed by atoms with E-state index in [0.717, 1.165) is 12.0 Å². The van der Waals surface area contributed by atoms with E-state index in [-0.39, 0.29) is 0 Å². The van der Waals surface area contributed by atoms with Crippen molar-refractivity contribution in [3.8, 4) is 0 Å². The molecule has 1 unspecified atom stereocenters. The fourth-order valence-corrected chi connectivity index (χ4v) is 4.65. The lowest BCUT2D eigenvalue weighted by Gasteiger charge is -2.36. The highest BCUT2D eigenvalue weighted by Gasteiger charge is 2.40. The highest BCUT2D eigenvalue weighted by atomic mass is 79.9. The van der Waals surface area contributed by atoms with Gasteiger partial charge in [0.2, 0.25) is 0 Å². The standard InChI is InChI=1S/C17H23BrF2/c1-12(2)11-17(7-3-4-8-17)16(18)10-13-5-6-14(19)15(20)9-13/h5-6,9,12,16H,3-4,7-8,10-11H2,1-2H3. The zero-order valence-electron chi connectivity index (χ0n) is 12.3. The summed E-state index contributed by atoms with van der Waals surface area (Å²) in [6, 6.07) is 4.26. The first-order valence-corrected chi connectivity index (χ1v) is 8.42. The Bertz CT molecular complexity index is 450. The minimum atomic E-state index is -0.766. The minimum absolute atomic E-state index is 0.318. The van der Waals surface area contributed by atoms with E-state index in [1.165, 1.54) is 44.2 Å². The van der Waals surface area contributed by atoms with Crippen LogP contribution in [0.25, 0.3) is 0 Å². The molecule has 0 saturated heterocycles. The molecule has 0 nitrogen and oxygen atoms in total. The van der Waals surface area contributed by atoms with Gasteiger partial charge in [-0.05, 0) is 54.7 Å². The number of alkyl halides is 1. The molecular weight excluding hydrogens is 322 g/mol. The predicted octanol–water partition coefficient (Wildman–Crippen LogP) is 5.88. The summed E-state index contributed by atoms with van der Waals surface area (Å²) in [5.74, 6) is -0.845. The Labute approximate surface area is 129 Å². The van der Waals surface area contributed by atoms with Gasteiger partial charge < -0.3 is 0 Å². The fraction of sp³-hybridized carbons (Fsp3) is 0.647. The van der Waals surface area contributed by atoms with Crippen molar-refractivity contribution in [2.24, 2.45) is 11.3 Å². The van der Waals surface area contributed by atoms with Crippen LogP contribution in [-0.2, 0) is 6.42 Å². The Balaban J connectivity index is 2.12. The van der Waals surface area contributed by atoms with Gasteiger partial charge in [0, 0.05) is 4.83 Å². The number of rotatable bonds is 5. The second-order valence-electron chi connectivity index (χ2n) is 6.59. The molecule has 1 saturated carbocycles. The third-order valence-corrected chi connectivity index (χ3v) is 5.77. The molecule has 3 heteroatoms.